The van der Waals surface area contributed by atoms with Gasteiger partial charge in [-0.2, -0.15) is 10.5 Å². The summed E-state index contributed by atoms with van der Waals surface area (Å²) in [5.41, 5.74) is -1.17. The number of nitro groups is 2. The molecule has 2 rings (SSSR count). The third kappa shape index (κ3) is 5.69. The molecule has 0 atom stereocenters. The average molecular weight is 432 g/mol. The fraction of sp³-hybridized carbons (Fsp3) is 0.222. The van der Waals surface area contributed by atoms with Crippen LogP contribution in [0.3, 0.4) is 0 Å². The van der Waals surface area contributed by atoms with Gasteiger partial charge in [-0.25, -0.2) is 0 Å². The van der Waals surface area contributed by atoms with E-state index in [9.17, 15) is 25.3 Å². The first-order valence-electron chi connectivity index (χ1n) is 8.08. The van der Waals surface area contributed by atoms with Crippen LogP contribution in [0.5, 0.6) is 23.0 Å². The van der Waals surface area contributed by atoms with Crippen LogP contribution in [0.25, 0.3) is 0 Å². The monoisotopic (exact) mass is 432 g/mol. The fourth-order valence-electron chi connectivity index (χ4n) is 2.29. The summed E-state index contributed by atoms with van der Waals surface area (Å²) in [5, 5.41) is 48.0. The topological polar surface area (TPSA) is 191 Å². The third-order valence-electron chi connectivity index (χ3n) is 3.55. The van der Waals surface area contributed by atoms with E-state index >= 15 is 0 Å². The molecular formula is C18H16N4O9. The molecule has 0 unspecified atom stereocenters. The number of methoxy groups -OCH3 is 3. The number of nitrogens with zero attached hydrogens (tertiary/aromatic N) is 4. The number of nitro benzene ring substituents is 2. The van der Waals surface area contributed by atoms with Gasteiger partial charge < -0.3 is 24.1 Å². The lowest BCUT2D eigenvalue weighted by Gasteiger charge is -2.10. The molecule has 13 heteroatoms. The molecular weight excluding hydrogens is 416 g/mol. The minimum absolute atomic E-state index is 0.0700. The minimum atomic E-state index is -0.767. The van der Waals surface area contributed by atoms with Crippen LogP contribution in [0, 0.1) is 42.9 Å². The number of ether oxygens (including phenoxy) is 4. The van der Waals surface area contributed by atoms with Crippen molar-refractivity contribution >= 4 is 11.4 Å². The molecule has 0 aliphatic carbocycles. The van der Waals surface area contributed by atoms with Gasteiger partial charge in [0.15, 0.2) is 18.3 Å². The summed E-state index contributed by atoms with van der Waals surface area (Å²) in [6, 6.07) is 8.42. The van der Waals surface area contributed by atoms with Crippen LogP contribution in [0.4, 0.5) is 11.4 Å². The maximum atomic E-state index is 10.9. The van der Waals surface area contributed by atoms with Crippen molar-refractivity contribution < 1.29 is 33.9 Å². The van der Waals surface area contributed by atoms with Crippen molar-refractivity contribution in [2.75, 3.05) is 28.1 Å². The summed E-state index contributed by atoms with van der Waals surface area (Å²) in [5.74, 6) is -0.599. The SMILES string of the molecule is COCOc1ccc(C#N)c([N+](=O)[O-])c1OC.COc1c(O)ccc(C#N)c1[N+](=O)[O-]. The zero-order chi connectivity index (χ0) is 23.6. The molecule has 0 saturated carbocycles. The predicted octanol–water partition coefficient (Wildman–Crippen LogP) is 2.64. The lowest BCUT2D eigenvalue weighted by atomic mass is 10.1. The third-order valence-corrected chi connectivity index (χ3v) is 3.55. The van der Waals surface area contributed by atoms with Gasteiger partial charge >= 0.3 is 11.4 Å². The molecule has 0 aliphatic heterocycles. The van der Waals surface area contributed by atoms with Crippen LogP contribution in [0.15, 0.2) is 24.3 Å². The largest absolute Gasteiger partial charge is 0.504 e. The van der Waals surface area contributed by atoms with Gasteiger partial charge in [-0.1, -0.05) is 0 Å². The van der Waals surface area contributed by atoms with E-state index in [1.165, 1.54) is 39.5 Å². The van der Waals surface area contributed by atoms with Crippen LogP contribution >= 0.6 is 0 Å². The number of phenols is 1. The van der Waals surface area contributed by atoms with Gasteiger partial charge in [0.05, 0.1) is 24.1 Å². The number of nitriles is 2. The standard InChI is InChI=1S/C10H10N2O5.C8H6N2O4/c1-15-6-17-8-4-3-7(5-11)9(12(13)14)10(8)16-2;1-14-8-6(11)3-2-5(4-9)7(8)10(12)13/h3-4H,6H2,1-2H3;2-3,11H,1H3. The van der Waals surface area contributed by atoms with Gasteiger partial charge in [0.1, 0.15) is 23.3 Å². The Morgan fingerprint density at radius 2 is 1.39 bits per heavy atom. The Labute approximate surface area is 175 Å². The Hall–Kier alpha value is -4.62. The van der Waals surface area contributed by atoms with Gasteiger partial charge in [0, 0.05) is 7.11 Å². The molecule has 1 N–H and O–H groups in total. The molecule has 0 spiro atoms. The van der Waals surface area contributed by atoms with E-state index in [1.807, 2.05) is 0 Å². The zero-order valence-corrected chi connectivity index (χ0v) is 16.5. The lowest BCUT2D eigenvalue weighted by molar-refractivity contribution is -0.386. The summed E-state index contributed by atoms with van der Waals surface area (Å²) >= 11 is 0. The van der Waals surface area contributed by atoms with Gasteiger partial charge in [0.2, 0.25) is 11.5 Å². The second-order valence-corrected chi connectivity index (χ2v) is 5.30. The highest BCUT2D eigenvalue weighted by Crippen LogP contribution is 2.39. The molecule has 2 aromatic carbocycles. The Bertz CT molecular complexity index is 1060. The molecule has 0 bridgehead atoms. The molecule has 0 fully saturated rings. The molecule has 0 aliphatic rings. The van der Waals surface area contributed by atoms with E-state index in [4.69, 9.17) is 20.0 Å². The Kier molecular flexibility index (Phi) is 8.98. The summed E-state index contributed by atoms with van der Waals surface area (Å²) in [4.78, 5) is 20.0. The van der Waals surface area contributed by atoms with E-state index in [0.717, 1.165) is 6.07 Å². The second-order valence-electron chi connectivity index (χ2n) is 5.30. The van der Waals surface area contributed by atoms with Crippen LogP contribution in [-0.4, -0.2) is 43.1 Å². The molecule has 0 aromatic heterocycles. The molecule has 13 nitrogen and oxygen atoms in total. The van der Waals surface area contributed by atoms with Crippen LogP contribution < -0.4 is 14.2 Å². The first-order chi connectivity index (χ1) is 14.8. The summed E-state index contributed by atoms with van der Waals surface area (Å²) in [7, 11) is 3.87. The highest BCUT2D eigenvalue weighted by Gasteiger charge is 2.25. The maximum Gasteiger partial charge on any atom is 0.332 e. The zero-order valence-electron chi connectivity index (χ0n) is 16.5. The predicted molar refractivity (Wildman–Crippen MR) is 103 cm³/mol. The smallest absolute Gasteiger partial charge is 0.332 e. The highest BCUT2D eigenvalue weighted by molar-refractivity contribution is 5.64. The summed E-state index contributed by atoms with van der Waals surface area (Å²) in [6.07, 6.45) is 0. The van der Waals surface area contributed by atoms with Crippen molar-refractivity contribution in [2.45, 2.75) is 0 Å². The molecule has 0 heterocycles. The number of phenolic OH excluding ortho intramolecular Hbond substituents is 1. The molecule has 0 amide bonds. The number of hydrogen-bond donors (Lipinski definition) is 1. The Morgan fingerprint density at radius 1 is 0.903 bits per heavy atom. The Morgan fingerprint density at radius 3 is 1.81 bits per heavy atom. The van der Waals surface area contributed by atoms with E-state index in [1.54, 1.807) is 12.1 Å². The highest BCUT2D eigenvalue weighted by atomic mass is 16.7. The quantitative estimate of drug-likeness (QED) is 0.384. The van der Waals surface area contributed by atoms with E-state index in [0.29, 0.717) is 0 Å². The number of benzene rings is 2. The van der Waals surface area contributed by atoms with Gasteiger partial charge in [-0.3, -0.25) is 20.2 Å². The fourth-order valence-corrected chi connectivity index (χ4v) is 2.29. The van der Waals surface area contributed by atoms with Crippen LogP contribution in [-0.2, 0) is 4.74 Å². The lowest BCUT2D eigenvalue weighted by Crippen LogP contribution is -2.03. The van der Waals surface area contributed by atoms with Crippen molar-refractivity contribution in [2.24, 2.45) is 0 Å². The van der Waals surface area contributed by atoms with E-state index < -0.39 is 21.2 Å². The summed E-state index contributed by atoms with van der Waals surface area (Å²) < 4.78 is 19.3. The first kappa shape index (κ1) is 24.4. The number of rotatable bonds is 7. The summed E-state index contributed by atoms with van der Waals surface area (Å²) in [6.45, 7) is -0.0700. The van der Waals surface area contributed by atoms with Crippen molar-refractivity contribution in [3.8, 4) is 35.1 Å². The average Bonchev–Trinajstić information content (AvgIpc) is 2.76. The van der Waals surface area contributed by atoms with Crippen molar-refractivity contribution in [1.29, 1.82) is 10.5 Å². The van der Waals surface area contributed by atoms with Gasteiger partial charge in [-0.15, -0.1) is 0 Å². The molecule has 162 valence electrons. The molecule has 2 aromatic rings. The molecule has 0 saturated heterocycles. The van der Waals surface area contributed by atoms with Crippen molar-refractivity contribution in [3.05, 3.63) is 55.6 Å². The first-order valence-corrected chi connectivity index (χ1v) is 8.08. The van der Waals surface area contributed by atoms with Crippen LogP contribution in [0.2, 0.25) is 0 Å². The number of aromatic hydroxyl groups is 1. The Balaban J connectivity index is 0.000000316. The second kappa shape index (κ2) is 11.4. The van der Waals surface area contributed by atoms with Gasteiger partial charge in [0.25, 0.3) is 0 Å². The maximum absolute atomic E-state index is 10.9. The van der Waals surface area contributed by atoms with E-state index in [-0.39, 0.29) is 40.9 Å². The minimum Gasteiger partial charge on any atom is -0.504 e. The molecule has 31 heavy (non-hydrogen) atoms. The van der Waals surface area contributed by atoms with E-state index in [2.05, 4.69) is 9.47 Å². The van der Waals surface area contributed by atoms with Crippen LogP contribution in [0.1, 0.15) is 11.1 Å². The van der Waals surface area contributed by atoms with Crippen molar-refractivity contribution in [3.63, 3.8) is 0 Å². The number of hydrogen-bond acceptors (Lipinski definition) is 11. The van der Waals surface area contributed by atoms with Gasteiger partial charge in [-0.05, 0) is 24.3 Å². The normalized spacial score (nSPS) is 9.32. The molecule has 0 radical (unpaired) electrons. The van der Waals surface area contributed by atoms with Crippen molar-refractivity contribution in [1.82, 2.24) is 0 Å².